The number of anilines is 1. The summed E-state index contributed by atoms with van der Waals surface area (Å²) in [5.74, 6) is 3.06. The van der Waals surface area contributed by atoms with Gasteiger partial charge in [0.05, 0.1) is 30.5 Å². The molecule has 1 unspecified atom stereocenters. The van der Waals surface area contributed by atoms with E-state index in [1.54, 1.807) is 14.2 Å². The van der Waals surface area contributed by atoms with E-state index in [-0.39, 0.29) is 6.04 Å². The second kappa shape index (κ2) is 10.8. The zero-order chi connectivity index (χ0) is 24.2. The summed E-state index contributed by atoms with van der Waals surface area (Å²) in [6.07, 6.45) is 4.69. The zero-order valence-electron chi connectivity index (χ0n) is 20.8. The van der Waals surface area contributed by atoms with Gasteiger partial charge in [0.1, 0.15) is 11.6 Å². The molecule has 1 aromatic heterocycles. The largest absolute Gasteiger partial charge is 0.496 e. The van der Waals surface area contributed by atoms with Gasteiger partial charge in [0, 0.05) is 19.7 Å². The molecule has 4 rings (SSSR count). The fourth-order valence-corrected chi connectivity index (χ4v) is 4.86. The molecule has 0 bridgehead atoms. The average molecular weight is 483 g/mol. The molecule has 6 nitrogen and oxygen atoms in total. The first kappa shape index (κ1) is 24.6. The summed E-state index contributed by atoms with van der Waals surface area (Å²) in [6, 6.07) is 12.6. The lowest BCUT2D eigenvalue weighted by molar-refractivity contribution is 0.183. The van der Waals surface area contributed by atoms with Gasteiger partial charge < -0.3 is 14.4 Å². The Bertz CT molecular complexity index is 1130. The third kappa shape index (κ3) is 5.23. The average Bonchev–Trinajstić information content (AvgIpc) is 3.57. The number of aryl methyl sites for hydroxylation is 2. The highest BCUT2D eigenvalue weighted by Crippen LogP contribution is 2.42. The highest BCUT2D eigenvalue weighted by Gasteiger charge is 2.32. The second-order valence-corrected chi connectivity index (χ2v) is 9.57. The second-order valence-electron chi connectivity index (χ2n) is 9.16. The van der Waals surface area contributed by atoms with E-state index >= 15 is 0 Å². The van der Waals surface area contributed by atoms with Gasteiger partial charge in [-0.15, -0.1) is 5.10 Å². The summed E-state index contributed by atoms with van der Waals surface area (Å²) >= 11 is 6.63. The highest BCUT2D eigenvalue weighted by atomic mass is 35.5. The molecule has 34 heavy (non-hydrogen) atoms. The first-order valence-electron chi connectivity index (χ1n) is 12.1. The zero-order valence-corrected chi connectivity index (χ0v) is 21.6. The maximum atomic E-state index is 6.63. The van der Waals surface area contributed by atoms with Crippen molar-refractivity contribution in [2.24, 2.45) is 5.92 Å². The van der Waals surface area contributed by atoms with E-state index < -0.39 is 0 Å². The van der Waals surface area contributed by atoms with Crippen molar-refractivity contribution < 1.29 is 9.47 Å². The lowest BCUT2D eigenvalue weighted by Gasteiger charge is -2.32. The first-order chi connectivity index (χ1) is 16.5. The first-order valence-corrected chi connectivity index (χ1v) is 12.5. The number of ether oxygens (including phenoxy) is 2. The van der Waals surface area contributed by atoms with Gasteiger partial charge in [-0.3, -0.25) is 0 Å². The predicted molar refractivity (Wildman–Crippen MR) is 137 cm³/mol. The molecule has 0 amide bonds. The Balaban J connectivity index is 1.77. The Kier molecular flexibility index (Phi) is 7.79. The number of hydrogen-bond donors (Lipinski definition) is 0. The molecule has 1 heterocycles. The molecule has 1 aliphatic carbocycles. The molecule has 0 saturated heterocycles. The number of nitrogens with zero attached hydrogens (tertiary/aromatic N) is 4. The Morgan fingerprint density at radius 3 is 2.62 bits per heavy atom. The summed E-state index contributed by atoms with van der Waals surface area (Å²) in [5.41, 5.74) is 4.34. The van der Waals surface area contributed by atoms with Crippen LogP contribution in [0.25, 0.3) is 5.69 Å². The quantitative estimate of drug-likeness (QED) is 0.314. The maximum absolute atomic E-state index is 6.63. The highest BCUT2D eigenvalue weighted by molar-refractivity contribution is 6.32. The molecule has 7 heteroatoms. The van der Waals surface area contributed by atoms with Crippen LogP contribution < -0.4 is 9.64 Å². The van der Waals surface area contributed by atoms with Crippen molar-refractivity contribution in [3.05, 3.63) is 63.9 Å². The van der Waals surface area contributed by atoms with Crippen molar-refractivity contribution in [1.29, 1.82) is 0 Å². The van der Waals surface area contributed by atoms with Gasteiger partial charge in [-0.05, 0) is 55.4 Å². The van der Waals surface area contributed by atoms with Crippen LogP contribution in [-0.4, -0.2) is 35.5 Å². The maximum Gasteiger partial charge on any atom is 0.245 e. The Labute approximate surface area is 207 Å². The van der Waals surface area contributed by atoms with Crippen LogP contribution in [0.2, 0.25) is 5.02 Å². The smallest absolute Gasteiger partial charge is 0.245 e. The van der Waals surface area contributed by atoms with Crippen molar-refractivity contribution in [3.8, 4) is 11.4 Å². The molecule has 182 valence electrons. The Morgan fingerprint density at radius 1 is 1.18 bits per heavy atom. The van der Waals surface area contributed by atoms with Crippen molar-refractivity contribution in [3.63, 3.8) is 0 Å². The monoisotopic (exact) mass is 482 g/mol. The molecule has 0 aliphatic heterocycles. The minimum Gasteiger partial charge on any atom is -0.496 e. The van der Waals surface area contributed by atoms with Gasteiger partial charge in [0.2, 0.25) is 5.95 Å². The number of benzene rings is 2. The lowest BCUT2D eigenvalue weighted by atomic mass is 9.95. The third-order valence-electron chi connectivity index (χ3n) is 6.52. The van der Waals surface area contributed by atoms with E-state index in [9.17, 15) is 0 Å². The van der Waals surface area contributed by atoms with Gasteiger partial charge in [-0.1, -0.05) is 55.6 Å². The van der Waals surface area contributed by atoms with Crippen LogP contribution in [0, 0.1) is 19.8 Å². The normalized spacial score (nSPS) is 14.3. The van der Waals surface area contributed by atoms with E-state index in [1.807, 2.05) is 30.7 Å². The molecule has 1 atom stereocenters. The number of aromatic nitrogens is 3. The van der Waals surface area contributed by atoms with Crippen LogP contribution in [-0.2, 0) is 11.3 Å². The fraction of sp³-hybridized carbons (Fsp3) is 0.481. The predicted octanol–water partition coefficient (Wildman–Crippen LogP) is 6.45. The molecule has 0 spiro atoms. The lowest BCUT2D eigenvalue weighted by Crippen LogP contribution is -2.32. The van der Waals surface area contributed by atoms with Crippen LogP contribution in [0.15, 0.2) is 36.4 Å². The van der Waals surface area contributed by atoms with Gasteiger partial charge in [-0.25, -0.2) is 4.68 Å². The van der Waals surface area contributed by atoms with E-state index in [2.05, 4.69) is 36.1 Å². The summed E-state index contributed by atoms with van der Waals surface area (Å²) in [5, 5.41) is 5.57. The van der Waals surface area contributed by atoms with Gasteiger partial charge in [0.25, 0.3) is 0 Å². The van der Waals surface area contributed by atoms with Crippen molar-refractivity contribution >= 4 is 17.5 Å². The van der Waals surface area contributed by atoms with E-state index in [0.717, 1.165) is 54.1 Å². The van der Waals surface area contributed by atoms with E-state index in [4.69, 9.17) is 31.2 Å². The van der Waals surface area contributed by atoms with E-state index in [1.165, 1.54) is 24.0 Å². The van der Waals surface area contributed by atoms with Crippen molar-refractivity contribution in [1.82, 2.24) is 14.8 Å². The minimum absolute atomic E-state index is 0.196. The van der Waals surface area contributed by atoms with Crippen molar-refractivity contribution in [2.75, 3.05) is 25.7 Å². The summed E-state index contributed by atoms with van der Waals surface area (Å²) in [7, 11) is 3.41. The Hall–Kier alpha value is -2.57. The molecular weight excluding hydrogens is 448 g/mol. The fourth-order valence-electron chi connectivity index (χ4n) is 4.63. The van der Waals surface area contributed by atoms with Crippen LogP contribution in [0.4, 0.5) is 5.95 Å². The standard InChI is InChI=1S/C27H35ClN4O2/c1-6-13-31(24(15-20-11-12-20)22-10-8-7-9-21(22)17-33-4)27-29-19(3)32(30-27)25-14-18(2)26(34-5)16-23(25)28/h7-10,14,16,20,24H,6,11-13,15,17H2,1-5H3. The molecule has 0 radical (unpaired) electrons. The molecular formula is C27H35ClN4O2. The molecule has 1 aliphatic rings. The van der Waals surface area contributed by atoms with Crippen molar-refractivity contribution in [2.45, 2.75) is 59.1 Å². The SMILES string of the molecule is CCCN(c1nc(C)n(-c2cc(C)c(OC)cc2Cl)n1)C(CC1CC1)c1ccccc1COC. The number of halogens is 1. The summed E-state index contributed by atoms with van der Waals surface area (Å²) in [6.45, 7) is 7.66. The van der Waals surface area contributed by atoms with Gasteiger partial charge >= 0.3 is 0 Å². The minimum atomic E-state index is 0.196. The molecule has 1 fully saturated rings. The summed E-state index contributed by atoms with van der Waals surface area (Å²) < 4.78 is 12.8. The topological polar surface area (TPSA) is 52.4 Å². The molecule has 2 aromatic carbocycles. The molecule has 1 saturated carbocycles. The molecule has 0 N–H and O–H groups in total. The molecule has 3 aromatic rings. The van der Waals surface area contributed by atoms with Gasteiger partial charge in [0.15, 0.2) is 0 Å². The van der Waals surface area contributed by atoms with Crippen LogP contribution in [0.5, 0.6) is 5.75 Å². The number of methoxy groups -OCH3 is 2. The summed E-state index contributed by atoms with van der Waals surface area (Å²) in [4.78, 5) is 7.30. The van der Waals surface area contributed by atoms with Crippen LogP contribution >= 0.6 is 11.6 Å². The van der Waals surface area contributed by atoms with Crippen LogP contribution in [0.1, 0.15) is 61.2 Å². The number of rotatable bonds is 11. The third-order valence-corrected chi connectivity index (χ3v) is 6.82. The van der Waals surface area contributed by atoms with Crippen LogP contribution in [0.3, 0.4) is 0 Å². The Morgan fingerprint density at radius 2 is 1.94 bits per heavy atom. The van der Waals surface area contributed by atoms with Gasteiger partial charge in [-0.2, -0.15) is 4.98 Å². The van der Waals surface area contributed by atoms with E-state index in [0.29, 0.717) is 11.6 Å². The number of hydrogen-bond acceptors (Lipinski definition) is 5.